The largest absolute Gasteiger partial charge is 0.315 e. The Morgan fingerprint density at radius 2 is 2.12 bits per heavy atom. The van der Waals surface area contributed by atoms with Gasteiger partial charge in [0, 0.05) is 13.1 Å². The van der Waals surface area contributed by atoms with Gasteiger partial charge in [-0.3, -0.25) is 0 Å². The monoisotopic (exact) mass is 360 g/mol. The number of hydrogen-bond donors (Lipinski definition) is 2. The molecule has 0 aliphatic carbocycles. The lowest BCUT2D eigenvalue weighted by molar-refractivity contribution is 0.577. The first kappa shape index (κ1) is 15.4. The quantitative estimate of drug-likeness (QED) is 0.733. The van der Waals surface area contributed by atoms with Crippen LogP contribution in [0.1, 0.15) is 13.3 Å². The lowest BCUT2D eigenvalue weighted by atomic mass is 10.5. The van der Waals surface area contributed by atoms with E-state index < -0.39 is 10.0 Å². The van der Waals surface area contributed by atoms with Gasteiger partial charge in [-0.25, -0.2) is 13.1 Å². The standard InChI is InChI=1S/C9H14BrClN2O2S2/c1-2-3-12-4-5-13-17(14,15)8-6-7(11)9(10)16-8/h6,12-13H,2-5H2,1H3. The zero-order valence-electron chi connectivity index (χ0n) is 9.29. The molecule has 17 heavy (non-hydrogen) atoms. The molecule has 0 bridgehead atoms. The van der Waals surface area contributed by atoms with Crippen molar-refractivity contribution in [3.63, 3.8) is 0 Å². The molecule has 0 aromatic carbocycles. The van der Waals surface area contributed by atoms with Crippen molar-refractivity contribution in [2.75, 3.05) is 19.6 Å². The minimum atomic E-state index is -3.44. The van der Waals surface area contributed by atoms with E-state index in [0.717, 1.165) is 24.3 Å². The molecular formula is C9H14BrClN2O2S2. The molecule has 0 amide bonds. The minimum absolute atomic E-state index is 0.227. The lowest BCUT2D eigenvalue weighted by Crippen LogP contribution is -2.31. The molecule has 1 aromatic heterocycles. The Morgan fingerprint density at radius 1 is 1.41 bits per heavy atom. The molecule has 8 heteroatoms. The number of halogens is 2. The van der Waals surface area contributed by atoms with Gasteiger partial charge in [-0.15, -0.1) is 11.3 Å². The van der Waals surface area contributed by atoms with E-state index in [1.165, 1.54) is 6.07 Å². The minimum Gasteiger partial charge on any atom is -0.315 e. The molecular weight excluding hydrogens is 348 g/mol. The third kappa shape index (κ3) is 4.84. The van der Waals surface area contributed by atoms with E-state index in [2.05, 4.69) is 32.9 Å². The molecule has 1 rings (SSSR count). The van der Waals surface area contributed by atoms with Crippen molar-refractivity contribution < 1.29 is 8.42 Å². The molecule has 0 aliphatic rings. The van der Waals surface area contributed by atoms with Gasteiger partial charge in [0.15, 0.2) is 0 Å². The third-order valence-electron chi connectivity index (χ3n) is 1.91. The van der Waals surface area contributed by atoms with Crippen LogP contribution in [0.5, 0.6) is 0 Å². The molecule has 0 fully saturated rings. The number of thiophene rings is 1. The lowest BCUT2D eigenvalue weighted by Gasteiger charge is -2.05. The van der Waals surface area contributed by atoms with Crippen LogP contribution in [0.15, 0.2) is 14.1 Å². The molecule has 1 heterocycles. The van der Waals surface area contributed by atoms with Crippen LogP contribution in [0.2, 0.25) is 5.02 Å². The van der Waals surface area contributed by atoms with Crippen molar-refractivity contribution in [3.8, 4) is 0 Å². The van der Waals surface area contributed by atoms with Crippen LogP contribution in [0.4, 0.5) is 0 Å². The first-order chi connectivity index (χ1) is 7.97. The van der Waals surface area contributed by atoms with Gasteiger partial charge in [0.2, 0.25) is 10.0 Å². The Hall–Kier alpha value is 0.340. The second-order valence-electron chi connectivity index (χ2n) is 3.33. The van der Waals surface area contributed by atoms with Crippen LogP contribution in [0, 0.1) is 0 Å². The molecule has 0 radical (unpaired) electrons. The highest BCUT2D eigenvalue weighted by atomic mass is 79.9. The van der Waals surface area contributed by atoms with Crippen molar-refractivity contribution in [1.82, 2.24) is 10.0 Å². The average Bonchev–Trinajstić information content (AvgIpc) is 2.60. The first-order valence-electron chi connectivity index (χ1n) is 5.12. The molecule has 0 spiro atoms. The molecule has 0 unspecified atom stereocenters. The molecule has 0 aliphatic heterocycles. The molecule has 2 N–H and O–H groups in total. The van der Waals surface area contributed by atoms with Crippen LogP contribution >= 0.6 is 38.9 Å². The Morgan fingerprint density at radius 3 is 2.65 bits per heavy atom. The van der Waals surface area contributed by atoms with Gasteiger partial charge >= 0.3 is 0 Å². The summed E-state index contributed by atoms with van der Waals surface area (Å²) in [6, 6.07) is 1.44. The van der Waals surface area contributed by atoms with Crippen molar-refractivity contribution >= 4 is 48.9 Å². The van der Waals surface area contributed by atoms with Crippen LogP contribution in [-0.2, 0) is 10.0 Å². The highest BCUT2D eigenvalue weighted by Gasteiger charge is 2.18. The van der Waals surface area contributed by atoms with Gasteiger partial charge in [-0.05, 0) is 35.0 Å². The van der Waals surface area contributed by atoms with E-state index in [9.17, 15) is 8.42 Å². The molecule has 1 aromatic rings. The maximum absolute atomic E-state index is 11.8. The topological polar surface area (TPSA) is 58.2 Å². The summed E-state index contributed by atoms with van der Waals surface area (Å²) in [6.07, 6.45) is 1.03. The highest BCUT2D eigenvalue weighted by molar-refractivity contribution is 9.11. The van der Waals surface area contributed by atoms with E-state index in [0.29, 0.717) is 21.9 Å². The van der Waals surface area contributed by atoms with Crippen molar-refractivity contribution in [2.45, 2.75) is 17.6 Å². The Balaban J connectivity index is 2.51. The van der Waals surface area contributed by atoms with Crippen LogP contribution in [0.25, 0.3) is 0 Å². The fourth-order valence-corrected chi connectivity index (χ4v) is 4.58. The van der Waals surface area contributed by atoms with E-state index in [1.807, 2.05) is 0 Å². The summed E-state index contributed by atoms with van der Waals surface area (Å²) < 4.78 is 27.0. The summed E-state index contributed by atoms with van der Waals surface area (Å²) in [7, 11) is -3.44. The van der Waals surface area contributed by atoms with Gasteiger partial charge in [0.25, 0.3) is 0 Å². The fourth-order valence-electron chi connectivity index (χ4n) is 1.11. The predicted octanol–water partition coefficient (Wildman–Crippen LogP) is 2.44. The Kier molecular flexibility index (Phi) is 6.39. The maximum Gasteiger partial charge on any atom is 0.250 e. The molecule has 0 atom stereocenters. The average molecular weight is 362 g/mol. The van der Waals surface area contributed by atoms with Crippen molar-refractivity contribution in [2.24, 2.45) is 0 Å². The number of sulfonamides is 1. The predicted molar refractivity (Wildman–Crippen MR) is 75.4 cm³/mol. The maximum atomic E-state index is 11.8. The number of rotatable bonds is 7. The second kappa shape index (κ2) is 7.06. The highest BCUT2D eigenvalue weighted by Crippen LogP contribution is 2.34. The van der Waals surface area contributed by atoms with Gasteiger partial charge in [-0.1, -0.05) is 18.5 Å². The van der Waals surface area contributed by atoms with E-state index in [4.69, 9.17) is 11.6 Å². The summed E-state index contributed by atoms with van der Waals surface area (Å²) in [5, 5.41) is 3.53. The summed E-state index contributed by atoms with van der Waals surface area (Å²) in [6.45, 7) is 3.93. The third-order valence-corrected chi connectivity index (χ3v) is 6.32. The SMILES string of the molecule is CCCNCCNS(=O)(=O)c1cc(Cl)c(Br)s1. The summed E-state index contributed by atoms with van der Waals surface area (Å²) in [5.74, 6) is 0. The molecule has 0 saturated carbocycles. The normalized spacial score (nSPS) is 11.9. The van der Waals surface area contributed by atoms with Crippen molar-refractivity contribution in [3.05, 3.63) is 14.9 Å². The van der Waals surface area contributed by atoms with Crippen molar-refractivity contribution in [1.29, 1.82) is 0 Å². The Bertz CT molecular complexity index is 442. The Labute approximate surface area is 119 Å². The molecule has 0 saturated heterocycles. The van der Waals surface area contributed by atoms with E-state index in [1.54, 1.807) is 0 Å². The van der Waals surface area contributed by atoms with Gasteiger partial charge in [0.1, 0.15) is 4.21 Å². The molecule has 4 nitrogen and oxygen atoms in total. The summed E-state index contributed by atoms with van der Waals surface area (Å²) in [5.41, 5.74) is 0. The second-order valence-corrected chi connectivity index (χ2v) is 8.11. The van der Waals surface area contributed by atoms with Gasteiger partial charge < -0.3 is 5.32 Å². The van der Waals surface area contributed by atoms with E-state index >= 15 is 0 Å². The van der Waals surface area contributed by atoms with Gasteiger partial charge in [0.05, 0.1) is 8.81 Å². The summed E-state index contributed by atoms with van der Waals surface area (Å²) in [4.78, 5) is 0. The van der Waals surface area contributed by atoms with Crippen LogP contribution in [-0.4, -0.2) is 28.1 Å². The molecule has 98 valence electrons. The first-order valence-corrected chi connectivity index (χ1v) is 8.59. The number of nitrogens with one attached hydrogen (secondary N) is 2. The van der Waals surface area contributed by atoms with Crippen LogP contribution < -0.4 is 10.0 Å². The zero-order valence-corrected chi connectivity index (χ0v) is 13.3. The number of hydrogen-bond acceptors (Lipinski definition) is 4. The smallest absolute Gasteiger partial charge is 0.250 e. The summed E-state index contributed by atoms with van der Waals surface area (Å²) >= 11 is 10.1. The fraction of sp³-hybridized carbons (Fsp3) is 0.556. The van der Waals surface area contributed by atoms with Gasteiger partial charge in [-0.2, -0.15) is 0 Å². The zero-order chi connectivity index (χ0) is 12.9. The van der Waals surface area contributed by atoms with E-state index in [-0.39, 0.29) is 4.21 Å². The van der Waals surface area contributed by atoms with Crippen LogP contribution in [0.3, 0.4) is 0 Å².